The summed E-state index contributed by atoms with van der Waals surface area (Å²) < 4.78 is 0. The number of hydrogen-bond acceptors (Lipinski definition) is 0. The minimum atomic E-state index is 1.25. The van der Waals surface area contributed by atoms with E-state index in [1.807, 2.05) is 0 Å². The molecule has 0 heterocycles. The van der Waals surface area contributed by atoms with Gasteiger partial charge in [0, 0.05) is 0 Å². The molecule has 0 heteroatoms. The van der Waals surface area contributed by atoms with Crippen LogP contribution in [0, 0.1) is 47.3 Å². The van der Waals surface area contributed by atoms with Crippen LogP contribution in [-0.2, 0) is 0 Å². The molecule has 0 aromatic heterocycles. The zero-order valence-electron chi connectivity index (χ0n) is 7.33. The summed E-state index contributed by atoms with van der Waals surface area (Å²) in [6.07, 6.45) is 1.25. The monoisotopic (exact) mass is 148 g/mol. The van der Waals surface area contributed by atoms with Crippen LogP contribution in [0.5, 0.6) is 0 Å². The molecule has 6 saturated carbocycles. The standard InChI is InChI=1S/C8H8.C3H8/c1-2-5-3(1)7-4(1)6(2)8(5)7;1-3-2/h1-8H;3H2,1-2H3. The summed E-state index contributed by atoms with van der Waals surface area (Å²) in [5, 5.41) is 0. The molecule has 0 amide bonds. The Morgan fingerprint density at radius 3 is 0.727 bits per heavy atom. The predicted octanol–water partition coefficient (Wildman–Crippen LogP) is 2.40. The molecule has 6 rings (SSSR count). The van der Waals surface area contributed by atoms with Gasteiger partial charge in [-0.3, -0.25) is 0 Å². The van der Waals surface area contributed by atoms with E-state index in [1.54, 1.807) is 0 Å². The van der Waals surface area contributed by atoms with E-state index in [-0.39, 0.29) is 0 Å². The van der Waals surface area contributed by atoms with Crippen molar-refractivity contribution in [2.45, 2.75) is 20.3 Å². The van der Waals surface area contributed by atoms with E-state index in [0.717, 1.165) is 0 Å². The molecular formula is C11H16. The molecule has 0 aromatic rings. The summed E-state index contributed by atoms with van der Waals surface area (Å²) in [6.45, 7) is 4.25. The first-order valence-electron chi connectivity index (χ1n) is 5.41. The Balaban J connectivity index is 0.000000119. The van der Waals surface area contributed by atoms with E-state index < -0.39 is 0 Å². The quantitative estimate of drug-likeness (QED) is 0.495. The van der Waals surface area contributed by atoms with Gasteiger partial charge in [-0.1, -0.05) is 20.3 Å². The topological polar surface area (TPSA) is 0 Å². The molecule has 0 aliphatic heterocycles. The van der Waals surface area contributed by atoms with Crippen LogP contribution in [0.2, 0.25) is 0 Å². The van der Waals surface area contributed by atoms with E-state index in [9.17, 15) is 0 Å². The van der Waals surface area contributed by atoms with Crippen LogP contribution in [0.1, 0.15) is 20.3 Å². The summed E-state index contributed by atoms with van der Waals surface area (Å²) >= 11 is 0. The van der Waals surface area contributed by atoms with E-state index >= 15 is 0 Å². The molecular weight excluding hydrogens is 132 g/mol. The van der Waals surface area contributed by atoms with Crippen LogP contribution in [0.25, 0.3) is 0 Å². The lowest BCUT2D eigenvalue weighted by Gasteiger charge is -3.03. The lowest BCUT2D eigenvalue weighted by molar-refractivity contribution is -0.565. The largest absolute Gasteiger partial charge is 0.0656 e. The van der Waals surface area contributed by atoms with Crippen molar-refractivity contribution in [3.8, 4) is 0 Å². The normalized spacial score (nSPS) is 80.2. The molecule has 0 bridgehead atoms. The second kappa shape index (κ2) is 1.30. The minimum Gasteiger partial charge on any atom is -0.0656 e. The van der Waals surface area contributed by atoms with Crippen LogP contribution in [0.15, 0.2) is 0 Å². The average Bonchev–Trinajstić information content (AvgIpc) is 2.08. The summed E-state index contributed by atoms with van der Waals surface area (Å²) in [5.41, 5.74) is 0. The third-order valence-corrected chi connectivity index (χ3v) is 5.33. The fourth-order valence-electron chi connectivity index (χ4n) is 5.29. The highest BCUT2D eigenvalue weighted by Gasteiger charge is 2.97. The van der Waals surface area contributed by atoms with Gasteiger partial charge in [-0.2, -0.15) is 0 Å². The van der Waals surface area contributed by atoms with E-state index in [4.69, 9.17) is 0 Å². The summed E-state index contributed by atoms with van der Waals surface area (Å²) in [5.74, 6) is 10.7. The highest BCUT2D eigenvalue weighted by molar-refractivity contribution is 5.44. The van der Waals surface area contributed by atoms with E-state index in [0.29, 0.717) is 0 Å². The molecule has 0 N–H and O–H groups in total. The van der Waals surface area contributed by atoms with Gasteiger partial charge in [-0.05, 0) is 47.3 Å². The van der Waals surface area contributed by atoms with Gasteiger partial charge in [0.2, 0.25) is 0 Å². The molecule has 60 valence electrons. The Morgan fingerprint density at radius 1 is 0.545 bits per heavy atom. The number of hydrogen-bond donors (Lipinski definition) is 0. The van der Waals surface area contributed by atoms with Gasteiger partial charge in [-0.15, -0.1) is 0 Å². The van der Waals surface area contributed by atoms with Crippen molar-refractivity contribution in [3.05, 3.63) is 0 Å². The zero-order valence-corrected chi connectivity index (χ0v) is 7.33. The third-order valence-electron chi connectivity index (χ3n) is 5.33. The molecule has 0 radical (unpaired) electrons. The fourth-order valence-corrected chi connectivity index (χ4v) is 5.29. The van der Waals surface area contributed by atoms with Crippen molar-refractivity contribution in [3.63, 3.8) is 0 Å². The molecule has 6 fully saturated rings. The Kier molecular flexibility index (Phi) is 0.661. The van der Waals surface area contributed by atoms with Gasteiger partial charge in [0.15, 0.2) is 0 Å². The maximum atomic E-state index is 2.12. The molecule has 0 aromatic carbocycles. The fraction of sp³-hybridized carbons (Fsp3) is 1.00. The Morgan fingerprint density at radius 2 is 0.636 bits per heavy atom. The maximum Gasteiger partial charge on any atom is -0.0312 e. The van der Waals surface area contributed by atoms with Crippen LogP contribution in [0.4, 0.5) is 0 Å². The first-order valence-corrected chi connectivity index (χ1v) is 5.41. The summed E-state index contributed by atoms with van der Waals surface area (Å²) in [7, 11) is 0. The molecule has 6 aliphatic rings. The number of rotatable bonds is 0. The van der Waals surface area contributed by atoms with Crippen molar-refractivity contribution < 1.29 is 0 Å². The van der Waals surface area contributed by atoms with Crippen molar-refractivity contribution in [2.75, 3.05) is 0 Å². The Bertz CT molecular complexity index is 122. The van der Waals surface area contributed by atoms with Crippen molar-refractivity contribution in [1.82, 2.24) is 0 Å². The van der Waals surface area contributed by atoms with Crippen LogP contribution >= 0.6 is 0 Å². The predicted molar refractivity (Wildman–Crippen MR) is 43.9 cm³/mol. The van der Waals surface area contributed by atoms with Gasteiger partial charge < -0.3 is 0 Å². The van der Waals surface area contributed by atoms with Crippen LogP contribution in [0.3, 0.4) is 0 Å². The SMILES string of the molecule is C12C3C4C1C1C2C3C41.CCC. The average molecular weight is 148 g/mol. The third kappa shape index (κ3) is 0.278. The first kappa shape index (κ1) is 5.61. The maximum absolute atomic E-state index is 2.12. The van der Waals surface area contributed by atoms with Gasteiger partial charge in [0.1, 0.15) is 0 Å². The van der Waals surface area contributed by atoms with Gasteiger partial charge in [0.05, 0.1) is 0 Å². The van der Waals surface area contributed by atoms with E-state index in [1.165, 1.54) is 53.8 Å². The highest BCUT2D eigenvalue weighted by atomic mass is 15.0. The van der Waals surface area contributed by atoms with E-state index in [2.05, 4.69) is 13.8 Å². The molecule has 11 heavy (non-hydrogen) atoms. The van der Waals surface area contributed by atoms with Gasteiger partial charge in [0.25, 0.3) is 0 Å². The molecule has 0 spiro atoms. The molecule has 0 unspecified atom stereocenters. The lowest BCUT2D eigenvalue weighted by atomic mass is 9.01. The highest BCUT2D eigenvalue weighted by Crippen LogP contribution is 3.00. The zero-order chi connectivity index (χ0) is 7.33. The molecule has 0 atom stereocenters. The Hall–Kier alpha value is 0. The van der Waals surface area contributed by atoms with Gasteiger partial charge >= 0.3 is 0 Å². The lowest BCUT2D eigenvalue weighted by Crippen LogP contribution is -3.00. The van der Waals surface area contributed by atoms with Gasteiger partial charge in [-0.25, -0.2) is 0 Å². The Labute approximate surface area is 68.4 Å². The van der Waals surface area contributed by atoms with Crippen molar-refractivity contribution in [1.29, 1.82) is 0 Å². The van der Waals surface area contributed by atoms with Crippen LogP contribution in [-0.4, -0.2) is 0 Å². The summed E-state index contributed by atoms with van der Waals surface area (Å²) in [6, 6.07) is 0. The summed E-state index contributed by atoms with van der Waals surface area (Å²) in [4.78, 5) is 0. The first-order chi connectivity index (χ1) is 5.41. The second-order valence-corrected chi connectivity index (χ2v) is 5.33. The van der Waals surface area contributed by atoms with Crippen LogP contribution < -0.4 is 0 Å². The smallest absolute Gasteiger partial charge is 0.0312 e. The van der Waals surface area contributed by atoms with Crippen molar-refractivity contribution in [2.24, 2.45) is 47.3 Å². The minimum absolute atomic E-state index is 1.25. The van der Waals surface area contributed by atoms with Crippen molar-refractivity contribution >= 4 is 0 Å². The molecule has 6 aliphatic carbocycles. The molecule has 0 nitrogen and oxygen atoms in total. The molecule has 0 saturated heterocycles. The second-order valence-electron chi connectivity index (χ2n) is 5.33.